The molecule has 0 saturated carbocycles. The molecule has 0 radical (unpaired) electrons. The highest BCUT2D eigenvalue weighted by Gasteiger charge is 2.09. The molecule has 0 N–H and O–H groups in total. The van der Waals surface area contributed by atoms with Gasteiger partial charge in [-0.25, -0.2) is 0 Å². The van der Waals surface area contributed by atoms with E-state index in [1.54, 1.807) is 0 Å². The number of rotatable bonds is 25. The minimum Gasteiger partial charge on any atom is -0.362 e. The first-order valence-corrected chi connectivity index (χ1v) is 20.2. The van der Waals surface area contributed by atoms with Gasteiger partial charge >= 0.3 is 0 Å². The molecule has 0 spiro atoms. The molecule has 0 aromatic heterocycles. The van der Waals surface area contributed by atoms with Crippen LogP contribution in [0.5, 0.6) is 0 Å². The highest BCUT2D eigenvalue weighted by molar-refractivity contribution is 8.41. The average Bonchev–Trinajstić information content (AvgIpc) is 2.75. The zero-order valence-electron chi connectivity index (χ0n) is 20.1. The summed E-state index contributed by atoms with van der Waals surface area (Å²) in [5.41, 5.74) is 0. The molecule has 31 heavy (non-hydrogen) atoms. The maximum absolute atomic E-state index is 5.96. The van der Waals surface area contributed by atoms with Crippen LogP contribution in [0.3, 0.4) is 0 Å². The second-order valence-corrected chi connectivity index (χ2v) is 15.8. The van der Waals surface area contributed by atoms with E-state index < -0.39 is 0 Å². The molecule has 3 nitrogen and oxygen atoms in total. The van der Waals surface area contributed by atoms with Gasteiger partial charge in [-0.2, -0.15) is 0 Å². The van der Waals surface area contributed by atoms with Gasteiger partial charge in [0.05, 0.1) is 26.3 Å². The van der Waals surface area contributed by atoms with Gasteiger partial charge in [0.15, 0.2) is 0 Å². The summed E-state index contributed by atoms with van der Waals surface area (Å²) in [5.74, 6) is 0. The molecule has 0 aliphatic heterocycles. The smallest absolute Gasteiger partial charge is 0.0639 e. The Labute approximate surface area is 206 Å². The fraction of sp³-hybridized carbons (Fsp3) is 1.00. The molecule has 0 fully saturated rings. The first kappa shape index (κ1) is 33.5. The highest BCUT2D eigenvalue weighted by Crippen LogP contribution is 2.53. The van der Waals surface area contributed by atoms with Gasteiger partial charge in [0.25, 0.3) is 0 Å². The molecule has 0 aromatic rings. The molecule has 7 unspecified atom stereocenters. The first-order valence-electron chi connectivity index (χ1n) is 12.5. The van der Waals surface area contributed by atoms with Crippen LogP contribution in [0.25, 0.3) is 0 Å². The Balaban J connectivity index is 3.55. The van der Waals surface area contributed by atoms with Crippen LogP contribution in [0.1, 0.15) is 122 Å². The molecule has 0 aliphatic carbocycles. The van der Waals surface area contributed by atoms with Crippen LogP contribution in [0, 0.1) is 0 Å². The third kappa shape index (κ3) is 25.4. The minimum absolute atomic E-state index is 0.364. The van der Waals surface area contributed by atoms with Crippen molar-refractivity contribution in [2.75, 3.05) is 6.61 Å². The van der Waals surface area contributed by atoms with Gasteiger partial charge < -0.3 is 13.6 Å². The Morgan fingerprint density at radius 2 is 1.13 bits per heavy atom. The zero-order valence-corrected chi connectivity index (χ0v) is 26.6. The van der Waals surface area contributed by atoms with Gasteiger partial charge in [0.1, 0.15) is 0 Å². The molecule has 9 heteroatoms. The van der Waals surface area contributed by atoms with Crippen molar-refractivity contribution in [3.8, 4) is 0 Å². The largest absolute Gasteiger partial charge is 0.362 e. The maximum atomic E-state index is 5.96. The van der Waals surface area contributed by atoms with Crippen LogP contribution >= 0.6 is 52.3 Å². The number of unbranched alkanes of at least 4 members (excludes halogenated alkanes) is 11. The Hall–Kier alpha value is 2.46. The summed E-state index contributed by atoms with van der Waals surface area (Å²) in [6.45, 7) is 3.16. The van der Waals surface area contributed by atoms with E-state index in [1.807, 2.05) is 0 Å². The Kier molecular flexibility index (Phi) is 29.2. The van der Waals surface area contributed by atoms with Gasteiger partial charge in [-0.15, -0.1) is 0 Å². The van der Waals surface area contributed by atoms with Gasteiger partial charge in [0, 0.05) is 18.0 Å². The van der Waals surface area contributed by atoms with E-state index >= 15 is 0 Å². The highest BCUT2D eigenvalue weighted by atomic mass is 32.4. The minimum atomic E-state index is -0.364. The summed E-state index contributed by atoms with van der Waals surface area (Å²) >= 11 is 0. The van der Waals surface area contributed by atoms with E-state index in [0.717, 1.165) is 6.61 Å². The quantitative estimate of drug-likeness (QED) is 0.0836. The molecule has 7 atom stereocenters. The van der Waals surface area contributed by atoms with Gasteiger partial charge in [-0.05, 0) is 32.1 Å². The standard InChI is InChI=1S/C22H52O3P6/c1-2-3-4-11-16-21(24-26)17-12-8-6-5-7-9-13-18-22(25-30-27)19-14-10-15-20-23-31(28)29/h21-22,30H,2-20,26-29H2,1H3. The van der Waals surface area contributed by atoms with Crippen LogP contribution < -0.4 is 0 Å². The zero-order chi connectivity index (χ0) is 23.0. The predicted octanol–water partition coefficient (Wildman–Crippen LogP) is 9.97. The van der Waals surface area contributed by atoms with Crippen LogP contribution in [-0.4, -0.2) is 18.8 Å². The van der Waals surface area contributed by atoms with E-state index in [0.29, 0.717) is 20.7 Å². The Bertz CT molecular complexity index is 353. The molecule has 0 rings (SSSR count). The molecular weight excluding hydrogens is 498 g/mol. The monoisotopic (exact) mass is 550 g/mol. The fourth-order valence-corrected chi connectivity index (χ4v) is 6.14. The van der Waals surface area contributed by atoms with E-state index in [9.17, 15) is 0 Å². The second kappa shape index (κ2) is 27.1. The van der Waals surface area contributed by atoms with Crippen LogP contribution in [0.2, 0.25) is 0 Å². The van der Waals surface area contributed by atoms with Crippen molar-refractivity contribution in [1.82, 2.24) is 0 Å². The second-order valence-electron chi connectivity index (χ2n) is 8.56. The van der Waals surface area contributed by atoms with Crippen LogP contribution in [0.15, 0.2) is 0 Å². The lowest BCUT2D eigenvalue weighted by Gasteiger charge is -2.16. The molecule has 0 bridgehead atoms. The van der Waals surface area contributed by atoms with Crippen molar-refractivity contribution in [1.29, 1.82) is 0 Å². The first-order chi connectivity index (χ1) is 15.1. The van der Waals surface area contributed by atoms with Crippen molar-refractivity contribution in [3.05, 3.63) is 0 Å². The summed E-state index contributed by atoms with van der Waals surface area (Å²) < 4.78 is 17.2. The molecule has 0 heterocycles. The van der Waals surface area contributed by atoms with E-state index in [2.05, 4.69) is 43.2 Å². The summed E-state index contributed by atoms with van der Waals surface area (Å²) in [7, 11) is 10.8. The Morgan fingerprint density at radius 3 is 1.58 bits per heavy atom. The third-order valence-electron chi connectivity index (χ3n) is 5.77. The van der Waals surface area contributed by atoms with Crippen LogP contribution in [0.4, 0.5) is 0 Å². The summed E-state index contributed by atoms with van der Waals surface area (Å²) in [5, 5.41) is 0. The summed E-state index contributed by atoms with van der Waals surface area (Å²) in [4.78, 5) is 0. The van der Waals surface area contributed by atoms with Crippen molar-refractivity contribution in [3.63, 3.8) is 0 Å². The topological polar surface area (TPSA) is 27.7 Å². The fourth-order valence-electron chi connectivity index (χ4n) is 3.89. The molecular formula is C22H52O3P6. The van der Waals surface area contributed by atoms with Gasteiger partial charge in [0.2, 0.25) is 0 Å². The van der Waals surface area contributed by atoms with Gasteiger partial charge in [-0.1, -0.05) is 117 Å². The van der Waals surface area contributed by atoms with Crippen molar-refractivity contribution in [2.24, 2.45) is 0 Å². The van der Waals surface area contributed by atoms with Gasteiger partial charge in [-0.3, -0.25) is 0 Å². The SMILES string of the molecule is CCCCCCC(CCCCCCCCCC(CCCCCOP(P)P)OPP)OP. The maximum Gasteiger partial charge on any atom is 0.0639 e. The van der Waals surface area contributed by atoms with Crippen molar-refractivity contribution >= 4 is 52.3 Å². The number of hydrogen-bond donors (Lipinski definition) is 0. The lowest BCUT2D eigenvalue weighted by Crippen LogP contribution is -2.08. The number of hydrogen-bond acceptors (Lipinski definition) is 3. The normalized spacial score (nSPS) is 14.1. The molecule has 0 saturated heterocycles. The molecule has 0 aliphatic rings. The predicted molar refractivity (Wildman–Crippen MR) is 159 cm³/mol. The van der Waals surface area contributed by atoms with E-state index in [4.69, 9.17) is 13.6 Å². The Morgan fingerprint density at radius 1 is 0.677 bits per heavy atom. The average molecular weight is 550 g/mol. The van der Waals surface area contributed by atoms with Crippen molar-refractivity contribution in [2.45, 2.75) is 135 Å². The summed E-state index contributed by atoms with van der Waals surface area (Å²) in [6.07, 6.45) is 24.3. The lowest BCUT2D eigenvalue weighted by atomic mass is 10.0. The summed E-state index contributed by atoms with van der Waals surface area (Å²) in [6, 6.07) is 0. The van der Waals surface area contributed by atoms with E-state index in [1.165, 1.54) is 116 Å². The molecule has 188 valence electrons. The molecule has 0 amide bonds. The van der Waals surface area contributed by atoms with Crippen LogP contribution in [-0.2, 0) is 13.6 Å². The van der Waals surface area contributed by atoms with Crippen molar-refractivity contribution < 1.29 is 13.6 Å². The molecule has 0 aromatic carbocycles. The lowest BCUT2D eigenvalue weighted by molar-refractivity contribution is 0.201. The van der Waals surface area contributed by atoms with E-state index in [-0.39, 0.29) is 7.53 Å². The third-order valence-corrected chi connectivity index (χ3v) is 8.41.